The van der Waals surface area contributed by atoms with Gasteiger partial charge in [-0.2, -0.15) is 0 Å². The van der Waals surface area contributed by atoms with Crippen LogP contribution in [0.25, 0.3) is 0 Å². The van der Waals surface area contributed by atoms with E-state index in [1.165, 1.54) is 6.08 Å². The highest BCUT2D eigenvalue weighted by Crippen LogP contribution is 2.14. The van der Waals surface area contributed by atoms with E-state index in [1.807, 2.05) is 0 Å². The second kappa shape index (κ2) is 6.27. The second-order valence-electron chi connectivity index (χ2n) is 4.47. The lowest BCUT2D eigenvalue weighted by atomic mass is 9.97. The molecule has 0 aliphatic rings. The SMILES string of the molecule is CC(C)(C)C(=O)OCCC=CC(N)C(=O)O. The monoisotopic (exact) mass is 229 g/mol. The van der Waals surface area contributed by atoms with Crippen molar-refractivity contribution >= 4 is 11.9 Å². The van der Waals surface area contributed by atoms with Crippen molar-refractivity contribution in [1.29, 1.82) is 0 Å². The minimum Gasteiger partial charge on any atom is -0.480 e. The van der Waals surface area contributed by atoms with E-state index in [-0.39, 0.29) is 12.6 Å². The first-order valence-electron chi connectivity index (χ1n) is 5.07. The Labute approximate surface area is 95.3 Å². The molecule has 0 saturated carbocycles. The maximum Gasteiger partial charge on any atom is 0.324 e. The highest BCUT2D eigenvalue weighted by molar-refractivity contribution is 5.75. The van der Waals surface area contributed by atoms with Crippen molar-refractivity contribution in [2.45, 2.75) is 33.2 Å². The summed E-state index contributed by atoms with van der Waals surface area (Å²) in [6.45, 7) is 5.54. The summed E-state index contributed by atoms with van der Waals surface area (Å²) in [6.07, 6.45) is 3.42. The molecular formula is C11H19NO4. The number of ether oxygens (including phenoxy) is 1. The summed E-state index contributed by atoms with van der Waals surface area (Å²) in [6, 6.07) is -1.00. The molecule has 0 aromatic heterocycles. The molecule has 0 fully saturated rings. The van der Waals surface area contributed by atoms with Crippen LogP contribution >= 0.6 is 0 Å². The van der Waals surface area contributed by atoms with Gasteiger partial charge in [-0.25, -0.2) is 0 Å². The van der Waals surface area contributed by atoms with Gasteiger partial charge in [0.05, 0.1) is 12.0 Å². The molecule has 1 atom stereocenters. The Morgan fingerprint density at radius 2 is 2.00 bits per heavy atom. The van der Waals surface area contributed by atoms with E-state index in [1.54, 1.807) is 26.8 Å². The Morgan fingerprint density at radius 1 is 1.44 bits per heavy atom. The van der Waals surface area contributed by atoms with E-state index in [0.29, 0.717) is 6.42 Å². The topological polar surface area (TPSA) is 89.6 Å². The predicted molar refractivity (Wildman–Crippen MR) is 59.8 cm³/mol. The zero-order chi connectivity index (χ0) is 12.8. The van der Waals surface area contributed by atoms with E-state index in [4.69, 9.17) is 15.6 Å². The Bertz CT molecular complexity index is 278. The van der Waals surface area contributed by atoms with E-state index >= 15 is 0 Å². The van der Waals surface area contributed by atoms with Gasteiger partial charge in [-0.15, -0.1) is 0 Å². The van der Waals surface area contributed by atoms with Crippen molar-refractivity contribution < 1.29 is 19.4 Å². The normalized spacial score (nSPS) is 13.8. The van der Waals surface area contributed by atoms with Crippen molar-refractivity contribution in [1.82, 2.24) is 0 Å². The van der Waals surface area contributed by atoms with Crippen LogP contribution in [-0.2, 0) is 14.3 Å². The van der Waals surface area contributed by atoms with E-state index in [0.717, 1.165) is 0 Å². The summed E-state index contributed by atoms with van der Waals surface area (Å²) < 4.78 is 4.97. The Kier molecular flexibility index (Phi) is 5.74. The maximum absolute atomic E-state index is 11.3. The molecule has 0 aliphatic carbocycles. The average molecular weight is 229 g/mol. The molecule has 1 unspecified atom stereocenters. The molecule has 0 aromatic rings. The number of nitrogens with two attached hydrogens (primary N) is 1. The number of esters is 1. The van der Waals surface area contributed by atoms with Gasteiger partial charge < -0.3 is 15.6 Å². The number of carbonyl (C=O) groups excluding carboxylic acids is 1. The standard InChI is InChI=1S/C11H19NO4/c1-11(2,3)10(15)16-7-5-4-6-8(12)9(13)14/h4,6,8H,5,7,12H2,1-3H3,(H,13,14). The van der Waals surface area contributed by atoms with Crippen LogP contribution in [0.3, 0.4) is 0 Å². The molecule has 0 heterocycles. The quantitative estimate of drug-likeness (QED) is 0.416. The van der Waals surface area contributed by atoms with Crippen LogP contribution < -0.4 is 5.73 Å². The number of carboxylic acid groups (broad SMARTS) is 1. The fourth-order valence-corrected chi connectivity index (χ4v) is 0.761. The number of hydrogen-bond donors (Lipinski definition) is 2. The van der Waals surface area contributed by atoms with Gasteiger partial charge in [0.25, 0.3) is 0 Å². The summed E-state index contributed by atoms with van der Waals surface area (Å²) in [5.74, 6) is -1.36. The van der Waals surface area contributed by atoms with Crippen LogP contribution in [0, 0.1) is 5.41 Å². The minimum absolute atomic E-state index is 0.235. The molecule has 16 heavy (non-hydrogen) atoms. The van der Waals surface area contributed by atoms with Crippen molar-refractivity contribution in [2.24, 2.45) is 11.1 Å². The second-order valence-corrected chi connectivity index (χ2v) is 4.47. The largest absolute Gasteiger partial charge is 0.480 e. The molecular weight excluding hydrogens is 210 g/mol. The zero-order valence-corrected chi connectivity index (χ0v) is 9.90. The molecule has 5 nitrogen and oxygen atoms in total. The van der Waals surface area contributed by atoms with Crippen LogP contribution in [0.15, 0.2) is 12.2 Å². The summed E-state index contributed by atoms with van der Waals surface area (Å²) in [5.41, 5.74) is 4.72. The molecule has 0 rings (SSSR count). The van der Waals surface area contributed by atoms with Gasteiger partial charge in [-0.3, -0.25) is 9.59 Å². The average Bonchev–Trinajstić information content (AvgIpc) is 2.14. The lowest BCUT2D eigenvalue weighted by Gasteiger charge is -2.15. The molecule has 3 N–H and O–H groups in total. The van der Waals surface area contributed by atoms with Gasteiger partial charge in [0.1, 0.15) is 6.04 Å². The lowest BCUT2D eigenvalue weighted by Crippen LogP contribution is -2.27. The molecule has 0 saturated heterocycles. The Hall–Kier alpha value is -1.36. The molecule has 0 radical (unpaired) electrons. The Balaban J connectivity index is 3.77. The third kappa shape index (κ3) is 6.19. The molecule has 0 spiro atoms. The summed E-state index contributed by atoms with van der Waals surface area (Å²) >= 11 is 0. The van der Waals surface area contributed by atoms with Crippen molar-refractivity contribution in [3.8, 4) is 0 Å². The molecule has 0 bridgehead atoms. The van der Waals surface area contributed by atoms with Gasteiger partial charge in [0.2, 0.25) is 0 Å². The number of rotatable bonds is 5. The van der Waals surface area contributed by atoms with Gasteiger partial charge >= 0.3 is 11.9 Å². The van der Waals surface area contributed by atoms with Crippen molar-refractivity contribution in [2.75, 3.05) is 6.61 Å². The number of aliphatic carboxylic acids is 1. The lowest BCUT2D eigenvalue weighted by molar-refractivity contribution is -0.152. The predicted octanol–water partition coefficient (Wildman–Crippen LogP) is 0.934. The third-order valence-electron chi connectivity index (χ3n) is 1.76. The minimum atomic E-state index is -1.08. The van der Waals surface area contributed by atoms with Crippen LogP contribution in [0.2, 0.25) is 0 Å². The van der Waals surface area contributed by atoms with Crippen LogP contribution in [0.5, 0.6) is 0 Å². The number of carboxylic acids is 1. The van der Waals surface area contributed by atoms with E-state index < -0.39 is 17.4 Å². The van der Waals surface area contributed by atoms with Gasteiger partial charge in [0.15, 0.2) is 0 Å². The third-order valence-corrected chi connectivity index (χ3v) is 1.76. The summed E-state index contributed by atoms with van der Waals surface area (Å²) in [4.78, 5) is 21.6. The Morgan fingerprint density at radius 3 is 2.44 bits per heavy atom. The number of hydrogen-bond acceptors (Lipinski definition) is 4. The highest BCUT2D eigenvalue weighted by Gasteiger charge is 2.22. The molecule has 5 heteroatoms. The fourth-order valence-electron chi connectivity index (χ4n) is 0.761. The summed E-state index contributed by atoms with van der Waals surface area (Å²) in [7, 11) is 0. The molecule has 0 amide bonds. The van der Waals surface area contributed by atoms with Crippen LogP contribution in [0.1, 0.15) is 27.2 Å². The van der Waals surface area contributed by atoms with Crippen LogP contribution in [0.4, 0.5) is 0 Å². The van der Waals surface area contributed by atoms with Crippen LogP contribution in [-0.4, -0.2) is 29.7 Å². The fraction of sp³-hybridized carbons (Fsp3) is 0.636. The molecule has 92 valence electrons. The first-order valence-corrected chi connectivity index (χ1v) is 5.07. The summed E-state index contributed by atoms with van der Waals surface area (Å²) in [5, 5.41) is 8.47. The smallest absolute Gasteiger partial charge is 0.324 e. The van der Waals surface area contributed by atoms with Gasteiger partial charge in [-0.1, -0.05) is 12.2 Å². The zero-order valence-electron chi connectivity index (χ0n) is 9.90. The van der Waals surface area contributed by atoms with Crippen molar-refractivity contribution in [3.63, 3.8) is 0 Å². The van der Waals surface area contributed by atoms with Gasteiger partial charge in [0, 0.05) is 0 Å². The molecule has 0 aliphatic heterocycles. The molecule has 0 aromatic carbocycles. The van der Waals surface area contributed by atoms with E-state index in [2.05, 4.69) is 0 Å². The number of carbonyl (C=O) groups is 2. The first kappa shape index (κ1) is 14.6. The van der Waals surface area contributed by atoms with Gasteiger partial charge in [-0.05, 0) is 27.2 Å². The maximum atomic E-state index is 11.3. The first-order chi connectivity index (χ1) is 7.25. The van der Waals surface area contributed by atoms with Crippen molar-refractivity contribution in [3.05, 3.63) is 12.2 Å². The van der Waals surface area contributed by atoms with E-state index in [9.17, 15) is 9.59 Å². The highest BCUT2D eigenvalue weighted by atomic mass is 16.5.